The molecular weight excluding hydrogens is 250 g/mol. The third kappa shape index (κ3) is 3.74. The Morgan fingerprint density at radius 1 is 1.35 bits per heavy atom. The lowest BCUT2D eigenvalue weighted by atomic mass is 9.94. The van der Waals surface area contributed by atoms with Gasteiger partial charge in [-0.2, -0.15) is 0 Å². The van der Waals surface area contributed by atoms with E-state index in [1.807, 2.05) is 0 Å². The molecule has 1 aliphatic heterocycles. The molecule has 1 heterocycles. The van der Waals surface area contributed by atoms with Crippen molar-refractivity contribution in [3.05, 3.63) is 29.8 Å². The van der Waals surface area contributed by atoms with E-state index in [9.17, 15) is 0 Å². The van der Waals surface area contributed by atoms with E-state index in [0.29, 0.717) is 18.1 Å². The first-order chi connectivity index (χ1) is 9.85. The van der Waals surface area contributed by atoms with E-state index in [4.69, 9.17) is 9.47 Å². The first-order valence-electron chi connectivity index (χ1n) is 7.93. The molecule has 2 aliphatic rings. The second kappa shape index (κ2) is 6.59. The second-order valence-electron chi connectivity index (χ2n) is 5.97. The molecule has 0 amide bonds. The van der Waals surface area contributed by atoms with Crippen molar-refractivity contribution in [3.8, 4) is 5.75 Å². The van der Waals surface area contributed by atoms with E-state index in [1.54, 1.807) is 0 Å². The highest BCUT2D eigenvalue weighted by molar-refractivity contribution is 5.31. The van der Waals surface area contributed by atoms with Crippen molar-refractivity contribution in [2.75, 3.05) is 19.8 Å². The SMILES string of the molecule is CCNC(CC1CCOC1)c1cccc(OC2CC2)c1. The van der Waals surface area contributed by atoms with Crippen LogP contribution in [0.25, 0.3) is 0 Å². The van der Waals surface area contributed by atoms with Gasteiger partial charge in [-0.1, -0.05) is 19.1 Å². The molecule has 0 radical (unpaired) electrons. The zero-order chi connectivity index (χ0) is 13.8. The van der Waals surface area contributed by atoms with Crippen LogP contribution in [0.15, 0.2) is 24.3 Å². The Morgan fingerprint density at radius 3 is 2.95 bits per heavy atom. The van der Waals surface area contributed by atoms with Crippen LogP contribution in [0.2, 0.25) is 0 Å². The molecule has 1 aliphatic carbocycles. The highest BCUT2D eigenvalue weighted by Gasteiger charge is 2.24. The minimum absolute atomic E-state index is 0.412. The average Bonchev–Trinajstić information content (AvgIpc) is 3.12. The maximum absolute atomic E-state index is 5.91. The van der Waals surface area contributed by atoms with E-state index in [1.165, 1.54) is 24.8 Å². The maximum Gasteiger partial charge on any atom is 0.120 e. The molecule has 3 heteroatoms. The minimum Gasteiger partial charge on any atom is -0.490 e. The first-order valence-corrected chi connectivity index (χ1v) is 7.93. The Balaban J connectivity index is 1.67. The molecule has 1 saturated carbocycles. The molecule has 3 rings (SSSR count). The van der Waals surface area contributed by atoms with Crippen molar-refractivity contribution >= 4 is 0 Å². The van der Waals surface area contributed by atoms with Crippen molar-refractivity contribution in [2.24, 2.45) is 5.92 Å². The van der Waals surface area contributed by atoms with Gasteiger partial charge in [0.25, 0.3) is 0 Å². The second-order valence-corrected chi connectivity index (χ2v) is 5.97. The topological polar surface area (TPSA) is 30.5 Å². The first kappa shape index (κ1) is 13.9. The van der Waals surface area contributed by atoms with Gasteiger partial charge >= 0.3 is 0 Å². The number of hydrogen-bond donors (Lipinski definition) is 1. The molecule has 0 aromatic heterocycles. The fraction of sp³-hybridized carbons (Fsp3) is 0.647. The van der Waals surface area contributed by atoms with Crippen LogP contribution in [-0.4, -0.2) is 25.9 Å². The van der Waals surface area contributed by atoms with Crippen LogP contribution in [0.4, 0.5) is 0 Å². The fourth-order valence-electron chi connectivity index (χ4n) is 2.87. The summed E-state index contributed by atoms with van der Waals surface area (Å²) in [6.45, 7) is 5.00. The smallest absolute Gasteiger partial charge is 0.120 e. The Kier molecular flexibility index (Phi) is 4.58. The molecule has 3 nitrogen and oxygen atoms in total. The van der Waals surface area contributed by atoms with Gasteiger partial charge in [-0.25, -0.2) is 0 Å². The number of benzene rings is 1. The molecule has 2 fully saturated rings. The molecule has 2 atom stereocenters. The van der Waals surface area contributed by atoms with Gasteiger partial charge in [0.05, 0.1) is 6.10 Å². The lowest BCUT2D eigenvalue weighted by Gasteiger charge is -2.22. The highest BCUT2D eigenvalue weighted by Crippen LogP contribution is 2.31. The quantitative estimate of drug-likeness (QED) is 0.828. The van der Waals surface area contributed by atoms with Crippen molar-refractivity contribution in [1.29, 1.82) is 0 Å². The van der Waals surface area contributed by atoms with Crippen molar-refractivity contribution in [2.45, 2.75) is 44.8 Å². The largest absolute Gasteiger partial charge is 0.490 e. The summed E-state index contributed by atoms with van der Waals surface area (Å²) in [7, 11) is 0. The highest BCUT2D eigenvalue weighted by atomic mass is 16.5. The fourth-order valence-corrected chi connectivity index (χ4v) is 2.87. The van der Waals surface area contributed by atoms with Gasteiger partial charge in [0, 0.05) is 19.3 Å². The van der Waals surface area contributed by atoms with Gasteiger partial charge in [0.2, 0.25) is 0 Å². The van der Waals surface area contributed by atoms with E-state index in [2.05, 4.69) is 36.5 Å². The van der Waals surface area contributed by atoms with E-state index >= 15 is 0 Å². The van der Waals surface area contributed by atoms with E-state index in [0.717, 1.165) is 31.9 Å². The lowest BCUT2D eigenvalue weighted by Crippen LogP contribution is -2.23. The van der Waals surface area contributed by atoms with Gasteiger partial charge in [0.1, 0.15) is 5.75 Å². The summed E-state index contributed by atoms with van der Waals surface area (Å²) in [6.07, 6.45) is 5.23. The predicted molar refractivity (Wildman–Crippen MR) is 80.1 cm³/mol. The van der Waals surface area contributed by atoms with Crippen LogP contribution in [-0.2, 0) is 4.74 Å². The molecule has 2 unspecified atom stereocenters. The minimum atomic E-state index is 0.412. The van der Waals surface area contributed by atoms with Gasteiger partial charge < -0.3 is 14.8 Å². The van der Waals surface area contributed by atoms with Crippen LogP contribution in [0.3, 0.4) is 0 Å². The normalized spacial score (nSPS) is 23.8. The van der Waals surface area contributed by atoms with Crippen molar-refractivity contribution in [3.63, 3.8) is 0 Å². The van der Waals surface area contributed by atoms with Crippen molar-refractivity contribution in [1.82, 2.24) is 5.32 Å². The van der Waals surface area contributed by atoms with Gasteiger partial charge in [-0.15, -0.1) is 0 Å². The average molecular weight is 275 g/mol. The molecule has 0 spiro atoms. The summed E-state index contributed by atoms with van der Waals surface area (Å²) in [4.78, 5) is 0. The Labute approximate surface area is 121 Å². The van der Waals surface area contributed by atoms with Gasteiger partial charge in [-0.05, 0) is 55.8 Å². The number of ether oxygens (including phenoxy) is 2. The Bertz CT molecular complexity index is 425. The van der Waals surface area contributed by atoms with Crippen LogP contribution in [0.1, 0.15) is 44.2 Å². The zero-order valence-corrected chi connectivity index (χ0v) is 12.3. The Morgan fingerprint density at radius 2 is 2.25 bits per heavy atom. The molecular formula is C17H25NO2. The number of hydrogen-bond acceptors (Lipinski definition) is 3. The third-order valence-electron chi connectivity index (χ3n) is 4.13. The molecule has 0 bridgehead atoms. The van der Waals surface area contributed by atoms with E-state index < -0.39 is 0 Å². The molecule has 20 heavy (non-hydrogen) atoms. The summed E-state index contributed by atoms with van der Waals surface area (Å²) in [5.74, 6) is 1.71. The van der Waals surface area contributed by atoms with Crippen LogP contribution in [0, 0.1) is 5.92 Å². The Hall–Kier alpha value is -1.06. The summed E-state index contributed by atoms with van der Waals surface area (Å²) in [6, 6.07) is 9.02. The van der Waals surface area contributed by atoms with Gasteiger partial charge in [0.15, 0.2) is 0 Å². The predicted octanol–water partition coefficient (Wildman–Crippen LogP) is 3.31. The van der Waals surface area contributed by atoms with Gasteiger partial charge in [-0.3, -0.25) is 0 Å². The molecule has 1 aromatic carbocycles. The van der Waals surface area contributed by atoms with Crippen LogP contribution in [0.5, 0.6) is 5.75 Å². The lowest BCUT2D eigenvalue weighted by molar-refractivity contribution is 0.181. The maximum atomic E-state index is 5.91. The summed E-state index contributed by atoms with van der Waals surface area (Å²) in [5.41, 5.74) is 1.34. The summed E-state index contributed by atoms with van der Waals surface area (Å²) in [5, 5.41) is 3.61. The molecule has 1 aromatic rings. The van der Waals surface area contributed by atoms with Crippen LogP contribution >= 0.6 is 0 Å². The number of nitrogens with one attached hydrogen (secondary N) is 1. The number of rotatable bonds is 7. The van der Waals surface area contributed by atoms with E-state index in [-0.39, 0.29) is 0 Å². The van der Waals surface area contributed by atoms with Crippen molar-refractivity contribution < 1.29 is 9.47 Å². The third-order valence-corrected chi connectivity index (χ3v) is 4.13. The monoisotopic (exact) mass is 275 g/mol. The zero-order valence-electron chi connectivity index (χ0n) is 12.3. The standard InChI is InChI=1S/C17H25NO2/c1-2-18-17(10-13-8-9-19-12-13)14-4-3-5-16(11-14)20-15-6-7-15/h3-5,11,13,15,17-18H,2,6-10,12H2,1H3. The summed E-state index contributed by atoms with van der Waals surface area (Å²) >= 11 is 0. The molecule has 1 N–H and O–H groups in total. The summed E-state index contributed by atoms with van der Waals surface area (Å²) < 4.78 is 11.4. The van der Waals surface area contributed by atoms with Crippen LogP contribution < -0.4 is 10.1 Å². The molecule has 110 valence electrons. The molecule has 1 saturated heterocycles.